The molecule has 17 heavy (non-hydrogen) atoms. The van der Waals surface area contributed by atoms with Gasteiger partial charge in [0.05, 0.1) is 11.6 Å². The topological polar surface area (TPSA) is 34.2 Å². The molecule has 0 aliphatic heterocycles. The second-order valence-corrected chi connectivity index (χ2v) is 4.80. The molecule has 1 heterocycles. The van der Waals surface area contributed by atoms with Crippen molar-refractivity contribution in [3.8, 4) is 0 Å². The van der Waals surface area contributed by atoms with Crippen LogP contribution >= 0.6 is 0 Å². The molecule has 1 fully saturated rings. The minimum absolute atomic E-state index is 0.0157. The molecule has 0 bridgehead atoms. The van der Waals surface area contributed by atoms with Crippen molar-refractivity contribution in [3.05, 3.63) is 30.1 Å². The van der Waals surface area contributed by atoms with Gasteiger partial charge in [0.25, 0.3) is 0 Å². The Morgan fingerprint density at radius 2 is 2.35 bits per heavy atom. The second kappa shape index (κ2) is 5.61. The van der Waals surface area contributed by atoms with Crippen LogP contribution in [0.25, 0.3) is 0 Å². The Morgan fingerprint density at radius 3 is 2.82 bits per heavy atom. The summed E-state index contributed by atoms with van der Waals surface area (Å²) in [6.07, 6.45) is 8.45. The molecule has 3 nitrogen and oxygen atoms in total. The number of nitrogens with zero attached hydrogens (tertiary/aromatic N) is 1. The van der Waals surface area contributed by atoms with Gasteiger partial charge in [-0.1, -0.05) is 13.0 Å². The first-order valence-corrected chi connectivity index (χ1v) is 6.51. The fraction of sp³-hybridized carbons (Fsp3) is 0.643. The number of rotatable bonds is 6. The van der Waals surface area contributed by atoms with Crippen LogP contribution in [0.4, 0.5) is 0 Å². The van der Waals surface area contributed by atoms with E-state index in [-0.39, 0.29) is 11.6 Å². The lowest BCUT2D eigenvalue weighted by Crippen LogP contribution is -2.50. The van der Waals surface area contributed by atoms with E-state index in [0.29, 0.717) is 0 Å². The third kappa shape index (κ3) is 2.50. The summed E-state index contributed by atoms with van der Waals surface area (Å²) in [5, 5.41) is 3.61. The van der Waals surface area contributed by atoms with Crippen LogP contribution < -0.4 is 5.32 Å². The quantitative estimate of drug-likeness (QED) is 0.821. The van der Waals surface area contributed by atoms with Gasteiger partial charge in [0, 0.05) is 19.5 Å². The van der Waals surface area contributed by atoms with E-state index in [4.69, 9.17) is 4.74 Å². The zero-order chi connectivity index (χ0) is 12.1. The average molecular weight is 234 g/mol. The fourth-order valence-electron chi connectivity index (χ4n) is 2.58. The fourth-order valence-corrected chi connectivity index (χ4v) is 2.58. The SMILES string of the molecule is CCCNC(c1cccnc1)C1(OC)CCC1. The predicted octanol–water partition coefficient (Wildman–Crippen LogP) is 2.69. The molecule has 3 heteroatoms. The van der Waals surface area contributed by atoms with Gasteiger partial charge in [0.15, 0.2) is 0 Å². The van der Waals surface area contributed by atoms with Crippen molar-refractivity contribution in [2.24, 2.45) is 0 Å². The molecule has 0 amide bonds. The second-order valence-electron chi connectivity index (χ2n) is 4.80. The smallest absolute Gasteiger partial charge is 0.0873 e. The van der Waals surface area contributed by atoms with Crippen LogP contribution in [-0.4, -0.2) is 24.2 Å². The monoisotopic (exact) mass is 234 g/mol. The predicted molar refractivity (Wildman–Crippen MR) is 68.9 cm³/mol. The maximum absolute atomic E-state index is 5.80. The van der Waals surface area contributed by atoms with Crippen molar-refractivity contribution < 1.29 is 4.74 Å². The zero-order valence-electron chi connectivity index (χ0n) is 10.8. The van der Waals surface area contributed by atoms with Gasteiger partial charge in [0.2, 0.25) is 0 Å². The van der Waals surface area contributed by atoms with Gasteiger partial charge in [-0.15, -0.1) is 0 Å². The van der Waals surface area contributed by atoms with Crippen LogP contribution in [-0.2, 0) is 4.74 Å². The summed E-state index contributed by atoms with van der Waals surface area (Å²) in [6, 6.07) is 4.41. The molecule has 94 valence electrons. The summed E-state index contributed by atoms with van der Waals surface area (Å²) < 4.78 is 5.80. The Morgan fingerprint density at radius 1 is 1.53 bits per heavy atom. The van der Waals surface area contributed by atoms with Gasteiger partial charge in [-0.2, -0.15) is 0 Å². The molecule has 2 rings (SSSR count). The lowest BCUT2D eigenvalue weighted by molar-refractivity contribution is -0.0998. The van der Waals surface area contributed by atoms with E-state index in [1.165, 1.54) is 12.0 Å². The van der Waals surface area contributed by atoms with Crippen LogP contribution in [0.2, 0.25) is 0 Å². The van der Waals surface area contributed by atoms with E-state index in [0.717, 1.165) is 25.8 Å². The minimum Gasteiger partial charge on any atom is -0.376 e. The van der Waals surface area contributed by atoms with Gasteiger partial charge < -0.3 is 10.1 Å². The Balaban J connectivity index is 2.19. The van der Waals surface area contributed by atoms with Gasteiger partial charge in [-0.25, -0.2) is 0 Å². The molecule has 1 aliphatic rings. The van der Waals surface area contributed by atoms with Crippen molar-refractivity contribution in [1.29, 1.82) is 0 Å². The van der Waals surface area contributed by atoms with E-state index in [9.17, 15) is 0 Å². The Labute approximate surface area is 104 Å². The normalized spacial score (nSPS) is 19.6. The van der Waals surface area contributed by atoms with Gasteiger partial charge in [-0.05, 0) is 43.9 Å². The molecule has 1 saturated carbocycles. The van der Waals surface area contributed by atoms with E-state index in [1.807, 2.05) is 25.6 Å². The van der Waals surface area contributed by atoms with Crippen molar-refractivity contribution in [2.75, 3.05) is 13.7 Å². The molecule has 0 spiro atoms. The number of pyridine rings is 1. The van der Waals surface area contributed by atoms with Gasteiger partial charge >= 0.3 is 0 Å². The summed E-state index contributed by atoms with van der Waals surface area (Å²) in [5.41, 5.74) is 1.22. The molecule has 0 saturated heterocycles. The molecule has 0 aromatic carbocycles. The van der Waals surface area contributed by atoms with Gasteiger partial charge in [0.1, 0.15) is 0 Å². The largest absolute Gasteiger partial charge is 0.376 e. The maximum atomic E-state index is 5.80. The van der Waals surface area contributed by atoms with Crippen molar-refractivity contribution >= 4 is 0 Å². The zero-order valence-corrected chi connectivity index (χ0v) is 10.8. The molecular formula is C14H22N2O. The number of nitrogens with one attached hydrogen (secondary N) is 1. The first kappa shape index (κ1) is 12.5. The Hall–Kier alpha value is -0.930. The number of aromatic nitrogens is 1. The first-order valence-electron chi connectivity index (χ1n) is 6.51. The third-order valence-electron chi connectivity index (χ3n) is 3.75. The summed E-state index contributed by atoms with van der Waals surface area (Å²) in [6.45, 7) is 3.21. The molecule has 1 atom stereocenters. The number of ether oxygens (including phenoxy) is 1. The van der Waals surface area contributed by atoms with Crippen molar-refractivity contribution in [1.82, 2.24) is 10.3 Å². The van der Waals surface area contributed by atoms with Crippen LogP contribution in [0.1, 0.15) is 44.2 Å². The lowest BCUT2D eigenvalue weighted by atomic mass is 9.72. The highest BCUT2D eigenvalue weighted by Crippen LogP contribution is 2.44. The standard InChI is InChI=1S/C14H22N2O/c1-3-9-16-13(12-6-4-10-15-11-12)14(17-2)7-5-8-14/h4,6,10-11,13,16H,3,5,7-9H2,1-2H3. The van der Waals surface area contributed by atoms with E-state index < -0.39 is 0 Å². The minimum atomic E-state index is -0.0157. The summed E-state index contributed by atoms with van der Waals surface area (Å²) >= 11 is 0. The molecule has 1 aliphatic carbocycles. The molecular weight excluding hydrogens is 212 g/mol. The highest BCUT2D eigenvalue weighted by molar-refractivity contribution is 5.20. The summed E-state index contributed by atoms with van der Waals surface area (Å²) in [7, 11) is 1.83. The summed E-state index contributed by atoms with van der Waals surface area (Å²) in [4.78, 5) is 4.22. The average Bonchev–Trinajstić information content (AvgIpc) is 2.33. The van der Waals surface area contributed by atoms with Crippen LogP contribution in [0.5, 0.6) is 0 Å². The summed E-state index contributed by atoms with van der Waals surface area (Å²) in [5.74, 6) is 0. The van der Waals surface area contributed by atoms with E-state index in [1.54, 1.807) is 0 Å². The van der Waals surface area contributed by atoms with Gasteiger partial charge in [-0.3, -0.25) is 4.98 Å². The number of methoxy groups -OCH3 is 1. The number of hydrogen-bond acceptors (Lipinski definition) is 3. The van der Waals surface area contributed by atoms with E-state index >= 15 is 0 Å². The van der Waals surface area contributed by atoms with Crippen LogP contribution in [0.3, 0.4) is 0 Å². The Bertz CT molecular complexity index is 330. The molecule has 1 unspecified atom stereocenters. The third-order valence-corrected chi connectivity index (χ3v) is 3.75. The Kier molecular flexibility index (Phi) is 4.13. The van der Waals surface area contributed by atoms with E-state index in [2.05, 4.69) is 23.3 Å². The van der Waals surface area contributed by atoms with Crippen LogP contribution in [0.15, 0.2) is 24.5 Å². The first-order chi connectivity index (χ1) is 8.32. The number of hydrogen-bond donors (Lipinski definition) is 1. The van der Waals surface area contributed by atoms with Crippen molar-refractivity contribution in [2.45, 2.75) is 44.2 Å². The van der Waals surface area contributed by atoms with Crippen molar-refractivity contribution in [3.63, 3.8) is 0 Å². The highest BCUT2D eigenvalue weighted by Gasteiger charge is 2.44. The van der Waals surface area contributed by atoms with Crippen LogP contribution in [0, 0.1) is 0 Å². The lowest BCUT2D eigenvalue weighted by Gasteiger charge is -2.47. The molecule has 1 aromatic heterocycles. The highest BCUT2D eigenvalue weighted by atomic mass is 16.5. The molecule has 1 aromatic rings. The maximum Gasteiger partial charge on any atom is 0.0873 e. The molecule has 0 radical (unpaired) electrons. The molecule has 1 N–H and O–H groups in total.